The Balaban J connectivity index is 2.98. The fraction of sp³-hybridized carbons (Fsp3) is 0.200. The Kier molecular flexibility index (Phi) is 5.36. The highest BCUT2D eigenvalue weighted by Gasteiger charge is 2.26. The molecule has 0 fully saturated rings. The van der Waals surface area contributed by atoms with E-state index in [1.807, 2.05) is 6.07 Å². The fourth-order valence-corrected chi connectivity index (χ4v) is 2.72. The van der Waals surface area contributed by atoms with Gasteiger partial charge in [-0.15, -0.1) is 0 Å². The van der Waals surface area contributed by atoms with Crippen molar-refractivity contribution < 1.29 is 13.6 Å². The van der Waals surface area contributed by atoms with Crippen LogP contribution >= 0.6 is 30.8 Å². The van der Waals surface area contributed by atoms with E-state index < -0.39 is 7.60 Å². The van der Waals surface area contributed by atoms with Crippen LogP contribution in [0.2, 0.25) is 0 Å². The number of halogens is 2. The summed E-state index contributed by atoms with van der Waals surface area (Å²) < 4.78 is 22.4. The van der Waals surface area contributed by atoms with Crippen molar-refractivity contribution in [3.63, 3.8) is 0 Å². The molecule has 16 heavy (non-hydrogen) atoms. The summed E-state index contributed by atoms with van der Waals surface area (Å²) in [5.74, 6) is 0. The van der Waals surface area contributed by atoms with E-state index in [9.17, 15) is 4.57 Å². The molecule has 0 saturated carbocycles. The monoisotopic (exact) mass is 280 g/mol. The van der Waals surface area contributed by atoms with Crippen molar-refractivity contribution in [2.75, 3.05) is 6.61 Å². The Morgan fingerprint density at radius 2 is 2.00 bits per heavy atom. The third-order valence-electron chi connectivity index (χ3n) is 1.65. The SMILES string of the molecule is CCOP(=O)(OC=C(Cl)Cl)c1ccccc1. The van der Waals surface area contributed by atoms with Crippen LogP contribution in [0, 0.1) is 0 Å². The number of benzene rings is 1. The summed E-state index contributed by atoms with van der Waals surface area (Å²) in [6.07, 6.45) is 1.01. The molecule has 0 aliphatic heterocycles. The predicted molar refractivity (Wildman–Crippen MR) is 66.2 cm³/mol. The molecule has 0 radical (unpaired) electrons. The Bertz CT molecular complexity index is 402. The minimum atomic E-state index is -3.37. The van der Waals surface area contributed by atoms with Crippen LogP contribution in [0.1, 0.15) is 6.92 Å². The second kappa shape index (κ2) is 6.31. The van der Waals surface area contributed by atoms with Gasteiger partial charge in [0.25, 0.3) is 0 Å². The lowest BCUT2D eigenvalue weighted by Gasteiger charge is -2.16. The van der Waals surface area contributed by atoms with Crippen LogP contribution in [0.3, 0.4) is 0 Å². The van der Waals surface area contributed by atoms with Crippen molar-refractivity contribution in [3.8, 4) is 0 Å². The molecule has 1 aromatic carbocycles. The van der Waals surface area contributed by atoms with Gasteiger partial charge in [0.1, 0.15) is 10.8 Å². The van der Waals surface area contributed by atoms with E-state index in [1.165, 1.54) is 0 Å². The minimum absolute atomic E-state index is 0.115. The normalized spacial score (nSPS) is 13.9. The van der Waals surface area contributed by atoms with Crippen LogP contribution in [0.15, 0.2) is 41.1 Å². The quantitative estimate of drug-likeness (QED) is 0.607. The van der Waals surface area contributed by atoms with Gasteiger partial charge in [-0.2, -0.15) is 0 Å². The van der Waals surface area contributed by atoms with Crippen LogP contribution in [-0.4, -0.2) is 6.61 Å². The molecule has 1 rings (SSSR count). The first-order chi connectivity index (χ1) is 7.58. The highest BCUT2D eigenvalue weighted by molar-refractivity contribution is 7.62. The lowest BCUT2D eigenvalue weighted by atomic mass is 10.4. The van der Waals surface area contributed by atoms with Crippen molar-refractivity contribution in [2.24, 2.45) is 0 Å². The third-order valence-corrected chi connectivity index (χ3v) is 3.74. The van der Waals surface area contributed by atoms with Crippen LogP contribution in [0.25, 0.3) is 0 Å². The van der Waals surface area contributed by atoms with Gasteiger partial charge in [-0.3, -0.25) is 4.52 Å². The van der Waals surface area contributed by atoms with Crippen LogP contribution in [0.5, 0.6) is 0 Å². The van der Waals surface area contributed by atoms with Crippen molar-refractivity contribution in [1.29, 1.82) is 0 Å². The van der Waals surface area contributed by atoms with Gasteiger partial charge >= 0.3 is 7.60 Å². The molecule has 0 aromatic heterocycles. The van der Waals surface area contributed by atoms with E-state index in [0.717, 1.165) is 6.26 Å². The Hall–Kier alpha value is -0.470. The number of hydrogen-bond donors (Lipinski definition) is 0. The Morgan fingerprint density at radius 3 is 2.50 bits per heavy atom. The maximum absolute atomic E-state index is 12.3. The molecule has 0 heterocycles. The molecule has 1 unspecified atom stereocenters. The maximum Gasteiger partial charge on any atom is 0.410 e. The predicted octanol–water partition coefficient (Wildman–Crippen LogP) is 3.83. The van der Waals surface area contributed by atoms with Crippen molar-refractivity contribution >= 4 is 36.1 Å². The smallest absolute Gasteiger partial charge is 0.410 e. The molecule has 3 nitrogen and oxygen atoms in total. The first kappa shape index (κ1) is 13.6. The van der Waals surface area contributed by atoms with Crippen molar-refractivity contribution in [3.05, 3.63) is 41.1 Å². The molecule has 0 spiro atoms. The fourth-order valence-electron chi connectivity index (χ4n) is 1.06. The minimum Gasteiger partial charge on any atom is -0.427 e. The Labute approximate surface area is 104 Å². The van der Waals surface area contributed by atoms with E-state index in [2.05, 4.69) is 0 Å². The zero-order chi connectivity index (χ0) is 12.0. The van der Waals surface area contributed by atoms with Crippen molar-refractivity contribution in [2.45, 2.75) is 6.92 Å². The molecule has 1 atom stereocenters. The number of hydrogen-bond acceptors (Lipinski definition) is 3. The zero-order valence-corrected chi connectivity index (χ0v) is 11.0. The summed E-state index contributed by atoms with van der Waals surface area (Å²) >= 11 is 10.8. The van der Waals surface area contributed by atoms with Crippen LogP contribution in [-0.2, 0) is 13.6 Å². The van der Waals surface area contributed by atoms with E-state index >= 15 is 0 Å². The summed E-state index contributed by atoms with van der Waals surface area (Å²) in [7, 11) is -3.37. The molecule has 6 heteroatoms. The van der Waals surface area contributed by atoms with Crippen LogP contribution < -0.4 is 5.30 Å². The van der Waals surface area contributed by atoms with Gasteiger partial charge in [0, 0.05) is 0 Å². The highest BCUT2D eigenvalue weighted by atomic mass is 35.5. The van der Waals surface area contributed by atoms with Gasteiger partial charge in [-0.1, -0.05) is 41.4 Å². The van der Waals surface area contributed by atoms with Gasteiger partial charge in [-0.05, 0) is 19.1 Å². The topological polar surface area (TPSA) is 35.5 Å². The van der Waals surface area contributed by atoms with Crippen molar-refractivity contribution in [1.82, 2.24) is 0 Å². The summed E-state index contributed by atoms with van der Waals surface area (Å²) in [6.45, 7) is 1.99. The first-order valence-corrected chi connectivity index (χ1v) is 6.88. The lowest BCUT2D eigenvalue weighted by molar-refractivity contribution is 0.272. The molecule has 0 saturated heterocycles. The standard InChI is InChI=1S/C10H11Cl2O3P/c1-2-14-16(13,15-8-10(11)12)9-6-4-3-5-7-9/h3-8H,2H2,1H3. The van der Waals surface area contributed by atoms with E-state index in [4.69, 9.17) is 32.2 Å². The summed E-state index contributed by atoms with van der Waals surface area (Å²) in [6, 6.07) is 8.62. The van der Waals surface area contributed by atoms with Gasteiger partial charge < -0.3 is 4.52 Å². The van der Waals surface area contributed by atoms with Gasteiger partial charge in [0.15, 0.2) is 0 Å². The Morgan fingerprint density at radius 1 is 1.38 bits per heavy atom. The molecule has 0 amide bonds. The summed E-state index contributed by atoms with van der Waals surface area (Å²) in [5.41, 5.74) is 0. The maximum atomic E-state index is 12.3. The van der Waals surface area contributed by atoms with Gasteiger partial charge in [0.05, 0.1) is 11.9 Å². The first-order valence-electron chi connectivity index (χ1n) is 4.58. The second-order valence-electron chi connectivity index (χ2n) is 2.76. The summed E-state index contributed by atoms with van der Waals surface area (Å²) in [4.78, 5) is 0. The lowest BCUT2D eigenvalue weighted by Crippen LogP contribution is -2.08. The van der Waals surface area contributed by atoms with Gasteiger partial charge in [-0.25, -0.2) is 4.57 Å². The number of rotatable bonds is 5. The third kappa shape index (κ3) is 3.84. The average Bonchev–Trinajstić information content (AvgIpc) is 2.28. The van der Waals surface area contributed by atoms with E-state index in [1.54, 1.807) is 31.2 Å². The molecule has 0 N–H and O–H groups in total. The zero-order valence-electron chi connectivity index (χ0n) is 8.60. The van der Waals surface area contributed by atoms with Gasteiger partial charge in [0.2, 0.25) is 0 Å². The molecule has 1 aromatic rings. The second-order valence-corrected chi connectivity index (χ2v) is 5.75. The molecular formula is C10H11Cl2O3P. The molecular weight excluding hydrogens is 270 g/mol. The molecule has 0 aliphatic carbocycles. The highest BCUT2D eigenvalue weighted by Crippen LogP contribution is 2.47. The van der Waals surface area contributed by atoms with Crippen LogP contribution in [0.4, 0.5) is 0 Å². The summed E-state index contributed by atoms with van der Waals surface area (Å²) in [5, 5.41) is 0.461. The largest absolute Gasteiger partial charge is 0.427 e. The molecule has 0 aliphatic rings. The molecule has 0 bridgehead atoms. The molecule has 88 valence electrons. The average molecular weight is 281 g/mol. The van der Waals surface area contributed by atoms with E-state index in [0.29, 0.717) is 5.30 Å². The van der Waals surface area contributed by atoms with E-state index in [-0.39, 0.29) is 11.1 Å².